The van der Waals surface area contributed by atoms with Gasteiger partial charge in [-0.05, 0) is 69.7 Å². The van der Waals surface area contributed by atoms with Crippen molar-refractivity contribution in [1.29, 1.82) is 0 Å². The first-order valence-corrected chi connectivity index (χ1v) is 11.5. The van der Waals surface area contributed by atoms with E-state index in [2.05, 4.69) is 10.6 Å². The van der Waals surface area contributed by atoms with Crippen LogP contribution in [-0.4, -0.2) is 44.9 Å². The minimum Gasteiger partial charge on any atom is -0.494 e. The van der Waals surface area contributed by atoms with E-state index in [0.29, 0.717) is 24.4 Å². The van der Waals surface area contributed by atoms with E-state index in [4.69, 9.17) is 14.2 Å². The molecule has 1 aliphatic rings. The van der Waals surface area contributed by atoms with Gasteiger partial charge in [-0.2, -0.15) is 0 Å². The Labute approximate surface area is 200 Å². The van der Waals surface area contributed by atoms with E-state index in [1.54, 1.807) is 6.92 Å². The predicted molar refractivity (Wildman–Crippen MR) is 131 cm³/mol. The molecule has 0 spiro atoms. The van der Waals surface area contributed by atoms with E-state index in [1.165, 1.54) is 0 Å². The van der Waals surface area contributed by atoms with Gasteiger partial charge in [0.25, 0.3) is 0 Å². The Morgan fingerprint density at radius 2 is 1.65 bits per heavy atom. The van der Waals surface area contributed by atoms with Crippen molar-refractivity contribution in [2.75, 3.05) is 31.7 Å². The maximum absolute atomic E-state index is 13.0. The van der Waals surface area contributed by atoms with Gasteiger partial charge in [0.2, 0.25) is 0 Å². The van der Waals surface area contributed by atoms with Crippen LogP contribution >= 0.6 is 0 Å². The number of rotatable bonds is 10. The third-order valence-electron chi connectivity index (χ3n) is 5.22. The van der Waals surface area contributed by atoms with Crippen LogP contribution in [0.25, 0.3) is 0 Å². The van der Waals surface area contributed by atoms with Gasteiger partial charge in [0.15, 0.2) is 0 Å². The van der Waals surface area contributed by atoms with Crippen LogP contribution < -0.4 is 25.0 Å². The number of anilines is 1. The Kier molecular flexibility index (Phi) is 8.40. The molecular formula is C26H33N3O5. The summed E-state index contributed by atoms with van der Waals surface area (Å²) in [7, 11) is 1.90. The van der Waals surface area contributed by atoms with E-state index < -0.39 is 12.0 Å². The van der Waals surface area contributed by atoms with E-state index >= 15 is 0 Å². The number of hydrogen-bond acceptors (Lipinski definition) is 6. The maximum Gasteiger partial charge on any atom is 0.338 e. The smallest absolute Gasteiger partial charge is 0.338 e. The second-order valence-electron chi connectivity index (χ2n) is 8.16. The summed E-state index contributed by atoms with van der Waals surface area (Å²) < 4.78 is 16.6. The Morgan fingerprint density at radius 3 is 2.24 bits per heavy atom. The number of esters is 1. The summed E-state index contributed by atoms with van der Waals surface area (Å²) >= 11 is 0. The fourth-order valence-corrected chi connectivity index (χ4v) is 3.75. The third kappa shape index (κ3) is 6.21. The molecule has 2 aromatic rings. The van der Waals surface area contributed by atoms with Gasteiger partial charge in [0, 0.05) is 12.7 Å². The summed E-state index contributed by atoms with van der Waals surface area (Å²) in [5.41, 5.74) is 2.54. The average Bonchev–Trinajstić information content (AvgIpc) is 2.79. The van der Waals surface area contributed by atoms with E-state index in [1.807, 2.05) is 81.2 Å². The van der Waals surface area contributed by atoms with Gasteiger partial charge in [-0.3, -0.25) is 0 Å². The van der Waals surface area contributed by atoms with Crippen LogP contribution in [0.2, 0.25) is 0 Å². The van der Waals surface area contributed by atoms with Gasteiger partial charge >= 0.3 is 12.0 Å². The summed E-state index contributed by atoms with van der Waals surface area (Å²) in [5.74, 6) is 1.03. The predicted octanol–water partition coefficient (Wildman–Crippen LogP) is 4.18. The average molecular weight is 468 g/mol. The van der Waals surface area contributed by atoms with Crippen molar-refractivity contribution in [2.45, 2.75) is 39.8 Å². The lowest BCUT2D eigenvalue weighted by Crippen LogP contribution is -2.48. The highest BCUT2D eigenvalue weighted by molar-refractivity contribution is 5.95. The SMILES string of the molecule is CCOC(=O)C1=C(CN(C)c2ccc(OCC)cc2)NC(=O)NC1c1ccc(OC(C)C)cc1. The van der Waals surface area contributed by atoms with Gasteiger partial charge in [-0.1, -0.05) is 12.1 Å². The zero-order valence-corrected chi connectivity index (χ0v) is 20.4. The summed E-state index contributed by atoms with van der Waals surface area (Å²) in [6.07, 6.45) is 0.0455. The lowest BCUT2D eigenvalue weighted by Gasteiger charge is -2.31. The number of likely N-dealkylation sites (N-methyl/N-ethyl adjacent to an activating group) is 1. The molecule has 8 heteroatoms. The van der Waals surface area contributed by atoms with Crippen LogP contribution in [0.4, 0.5) is 10.5 Å². The van der Waals surface area contributed by atoms with Crippen molar-refractivity contribution in [2.24, 2.45) is 0 Å². The third-order valence-corrected chi connectivity index (χ3v) is 5.22. The van der Waals surface area contributed by atoms with Crippen molar-refractivity contribution >= 4 is 17.7 Å². The lowest BCUT2D eigenvalue weighted by atomic mass is 9.95. The number of nitrogens with one attached hydrogen (secondary N) is 2. The van der Waals surface area contributed by atoms with Crippen molar-refractivity contribution in [3.05, 3.63) is 65.4 Å². The molecule has 0 radical (unpaired) electrons. The molecule has 1 heterocycles. The van der Waals surface area contributed by atoms with E-state index in [-0.39, 0.29) is 18.7 Å². The van der Waals surface area contributed by atoms with Crippen LogP contribution in [0.1, 0.15) is 39.3 Å². The minimum absolute atomic E-state index is 0.0455. The van der Waals surface area contributed by atoms with Crippen molar-refractivity contribution in [1.82, 2.24) is 10.6 Å². The minimum atomic E-state index is -0.648. The zero-order chi connectivity index (χ0) is 24.7. The molecule has 0 bridgehead atoms. The Balaban J connectivity index is 1.93. The molecule has 2 amide bonds. The highest BCUT2D eigenvalue weighted by Crippen LogP contribution is 2.30. The first kappa shape index (κ1) is 25.0. The molecule has 1 unspecified atom stereocenters. The fourth-order valence-electron chi connectivity index (χ4n) is 3.75. The molecular weight excluding hydrogens is 434 g/mol. The second kappa shape index (κ2) is 11.4. The van der Waals surface area contributed by atoms with Crippen molar-refractivity contribution < 1.29 is 23.8 Å². The van der Waals surface area contributed by atoms with Crippen molar-refractivity contribution in [3.8, 4) is 11.5 Å². The number of hydrogen-bond donors (Lipinski definition) is 2. The number of benzene rings is 2. The van der Waals surface area contributed by atoms with Gasteiger partial charge in [-0.25, -0.2) is 9.59 Å². The summed E-state index contributed by atoms with van der Waals surface area (Å²) in [4.78, 5) is 27.5. The van der Waals surface area contributed by atoms with Gasteiger partial charge < -0.3 is 29.7 Å². The highest BCUT2D eigenvalue weighted by atomic mass is 16.5. The fraction of sp³-hybridized carbons (Fsp3) is 0.385. The van der Waals surface area contributed by atoms with Gasteiger partial charge in [0.1, 0.15) is 11.5 Å². The number of carbonyl (C=O) groups is 2. The van der Waals surface area contributed by atoms with Crippen LogP contribution in [0.15, 0.2) is 59.8 Å². The molecule has 1 aliphatic heterocycles. The number of carbonyl (C=O) groups excluding carboxylic acids is 2. The second-order valence-corrected chi connectivity index (χ2v) is 8.16. The normalized spacial score (nSPS) is 15.5. The molecule has 1 atom stereocenters. The number of urea groups is 1. The monoisotopic (exact) mass is 467 g/mol. The van der Waals surface area contributed by atoms with E-state index in [9.17, 15) is 9.59 Å². The molecule has 0 aromatic heterocycles. The molecule has 2 N–H and O–H groups in total. The molecule has 3 rings (SSSR count). The molecule has 0 aliphatic carbocycles. The molecule has 0 fully saturated rings. The first-order valence-electron chi connectivity index (χ1n) is 11.5. The van der Waals surface area contributed by atoms with Gasteiger partial charge in [-0.15, -0.1) is 0 Å². The zero-order valence-electron chi connectivity index (χ0n) is 20.4. The van der Waals surface area contributed by atoms with Crippen molar-refractivity contribution in [3.63, 3.8) is 0 Å². The number of amides is 2. The van der Waals surface area contributed by atoms with Crippen LogP contribution in [0.5, 0.6) is 11.5 Å². The molecule has 0 saturated heterocycles. The standard InChI is InChI=1S/C26H33N3O5/c1-6-32-20-14-10-19(11-15-20)29(5)16-22-23(25(30)33-7-2)24(28-26(31)27-22)18-8-12-21(13-9-18)34-17(3)4/h8-15,17,24H,6-7,16H2,1-5H3,(H2,27,28,31). The van der Waals surface area contributed by atoms with Crippen LogP contribution in [-0.2, 0) is 9.53 Å². The molecule has 2 aromatic carbocycles. The largest absolute Gasteiger partial charge is 0.494 e. The summed E-state index contributed by atoms with van der Waals surface area (Å²) in [6.45, 7) is 8.73. The first-order chi connectivity index (χ1) is 16.3. The molecule has 8 nitrogen and oxygen atoms in total. The molecule has 0 saturated carbocycles. The molecule has 34 heavy (non-hydrogen) atoms. The number of nitrogens with zero attached hydrogens (tertiary/aromatic N) is 1. The van der Waals surface area contributed by atoms with Gasteiger partial charge in [0.05, 0.1) is 43.2 Å². The summed E-state index contributed by atoms with van der Waals surface area (Å²) in [5, 5.41) is 5.68. The Morgan fingerprint density at radius 1 is 1.00 bits per heavy atom. The highest BCUT2D eigenvalue weighted by Gasteiger charge is 2.34. The van der Waals surface area contributed by atoms with E-state index in [0.717, 1.165) is 22.7 Å². The van der Waals surface area contributed by atoms with Crippen LogP contribution in [0.3, 0.4) is 0 Å². The van der Waals surface area contributed by atoms with Crippen LogP contribution in [0, 0.1) is 0 Å². The quantitative estimate of drug-likeness (QED) is 0.510. The lowest BCUT2D eigenvalue weighted by molar-refractivity contribution is -0.139. The molecule has 182 valence electrons. The summed E-state index contributed by atoms with van der Waals surface area (Å²) in [6, 6.07) is 14.0. The Bertz CT molecular complexity index is 1020. The maximum atomic E-state index is 13.0. The Hall–Kier alpha value is -3.68. The topological polar surface area (TPSA) is 89.1 Å². The number of ether oxygens (including phenoxy) is 3.